The molecule has 0 saturated heterocycles. The number of rotatable bonds is 3. The van der Waals surface area contributed by atoms with Gasteiger partial charge in [-0.15, -0.1) is 0 Å². The van der Waals surface area contributed by atoms with Gasteiger partial charge in [-0.3, -0.25) is 0 Å². The van der Waals surface area contributed by atoms with Crippen LogP contribution in [0.4, 0.5) is 0 Å². The van der Waals surface area contributed by atoms with Gasteiger partial charge in [-0.05, 0) is 54.6 Å². The summed E-state index contributed by atoms with van der Waals surface area (Å²) in [5.74, 6) is 0.458. The van der Waals surface area contributed by atoms with E-state index < -0.39 is 0 Å². The van der Waals surface area contributed by atoms with E-state index in [1.807, 2.05) is 0 Å². The van der Waals surface area contributed by atoms with Crippen LogP contribution in [0.15, 0.2) is 103 Å². The molecule has 0 fully saturated rings. The number of nitrogens with one attached hydrogen (secondary N) is 2. The van der Waals surface area contributed by atoms with Crippen molar-refractivity contribution in [1.82, 2.24) is 19.9 Å². The summed E-state index contributed by atoms with van der Waals surface area (Å²) in [6, 6.07) is 10.8. The summed E-state index contributed by atoms with van der Waals surface area (Å²) in [5, 5.41) is 0. The first-order valence-electron chi connectivity index (χ1n) is 13.5. The van der Waals surface area contributed by atoms with Crippen LogP contribution in [0.25, 0.3) is 46.4 Å². The molecule has 5 heterocycles. The highest BCUT2D eigenvalue weighted by Gasteiger charge is 2.23. The summed E-state index contributed by atoms with van der Waals surface area (Å²) < 4.78 is 0. The molecule has 4 nitrogen and oxygen atoms in total. The van der Waals surface area contributed by atoms with Gasteiger partial charge >= 0.3 is 0 Å². The lowest BCUT2D eigenvalue weighted by atomic mass is 9.97. The Kier molecular flexibility index (Phi) is 4.99. The minimum atomic E-state index is 0.127. The summed E-state index contributed by atoms with van der Waals surface area (Å²) in [4.78, 5) is 17.8. The van der Waals surface area contributed by atoms with E-state index in [4.69, 9.17) is 9.97 Å². The Balaban J connectivity index is 1.51. The van der Waals surface area contributed by atoms with Crippen molar-refractivity contribution in [2.24, 2.45) is 0 Å². The number of allylic oxidation sites excluding steroid dienone is 12. The highest BCUT2D eigenvalue weighted by molar-refractivity contribution is 5.84. The van der Waals surface area contributed by atoms with Gasteiger partial charge in [0.15, 0.2) is 0 Å². The minimum absolute atomic E-state index is 0.127. The maximum absolute atomic E-state index is 5.25. The smallest absolute Gasteiger partial charge is 0.0700 e. The number of aromatic nitrogens is 4. The van der Waals surface area contributed by atoms with Crippen LogP contribution in [-0.4, -0.2) is 19.9 Å². The van der Waals surface area contributed by atoms with Crippen molar-refractivity contribution in [1.29, 1.82) is 0 Å². The van der Waals surface area contributed by atoms with Gasteiger partial charge < -0.3 is 9.97 Å². The lowest BCUT2D eigenvalue weighted by molar-refractivity contribution is 1.03. The largest absolute Gasteiger partial charge is 0.355 e. The molecule has 3 aliphatic carbocycles. The average Bonchev–Trinajstić information content (AvgIpc) is 3.79. The molecule has 0 saturated carbocycles. The van der Waals surface area contributed by atoms with Crippen molar-refractivity contribution in [3.05, 3.63) is 143 Å². The van der Waals surface area contributed by atoms with Gasteiger partial charge in [0.05, 0.1) is 22.8 Å². The summed E-state index contributed by atoms with van der Waals surface area (Å²) >= 11 is 0. The molecule has 186 valence electrons. The highest BCUT2D eigenvalue weighted by atomic mass is 14.8. The molecule has 8 rings (SSSR count). The van der Waals surface area contributed by atoms with Gasteiger partial charge in [0.1, 0.15) is 0 Å². The maximum atomic E-state index is 5.25. The minimum Gasteiger partial charge on any atom is -0.355 e. The first-order valence-corrected chi connectivity index (χ1v) is 13.5. The van der Waals surface area contributed by atoms with E-state index in [1.54, 1.807) is 0 Å². The average molecular weight is 503 g/mol. The fourth-order valence-electron chi connectivity index (χ4n) is 6.12. The predicted molar refractivity (Wildman–Crippen MR) is 162 cm³/mol. The van der Waals surface area contributed by atoms with E-state index in [-0.39, 0.29) is 17.8 Å². The van der Waals surface area contributed by atoms with Gasteiger partial charge in [0.25, 0.3) is 0 Å². The van der Waals surface area contributed by atoms with Crippen molar-refractivity contribution < 1.29 is 0 Å². The molecule has 3 aromatic heterocycles. The number of aromatic amines is 2. The van der Waals surface area contributed by atoms with E-state index in [0.717, 1.165) is 50.4 Å². The van der Waals surface area contributed by atoms with Gasteiger partial charge in [0.2, 0.25) is 0 Å². The molecule has 5 aliphatic rings. The van der Waals surface area contributed by atoms with Crippen LogP contribution in [0.1, 0.15) is 57.2 Å². The van der Waals surface area contributed by atoms with Crippen molar-refractivity contribution in [3.63, 3.8) is 0 Å². The molecule has 8 bridgehead atoms. The van der Waals surface area contributed by atoms with Crippen LogP contribution in [-0.2, 0) is 0 Å². The number of hydrogen-bond donors (Lipinski definition) is 2. The SMILES string of the molecule is C1=CC(c2c3nc(c(C4C=CC=C4)c4ccc(cc5ccc([nH]5)c(C5C=CC=C5)c5nc2C=C5)[nH]4)C=C3)C=C1. The van der Waals surface area contributed by atoms with Crippen LogP contribution in [0.2, 0.25) is 0 Å². The monoisotopic (exact) mass is 502 g/mol. The van der Waals surface area contributed by atoms with E-state index in [2.05, 4.69) is 138 Å². The molecule has 0 spiro atoms. The molecular weight excluding hydrogens is 476 g/mol. The molecule has 0 aromatic carbocycles. The first kappa shape index (κ1) is 22.1. The van der Waals surface area contributed by atoms with Gasteiger partial charge in [-0.1, -0.05) is 72.9 Å². The Morgan fingerprint density at radius 2 is 0.795 bits per heavy atom. The molecule has 0 amide bonds. The third-order valence-corrected chi connectivity index (χ3v) is 7.94. The van der Waals surface area contributed by atoms with Crippen LogP contribution < -0.4 is 0 Å². The van der Waals surface area contributed by atoms with Gasteiger partial charge in [-0.25, -0.2) is 9.97 Å². The topological polar surface area (TPSA) is 57.4 Å². The second-order valence-electron chi connectivity index (χ2n) is 10.4. The first-order chi connectivity index (χ1) is 19.3. The number of nitrogens with zero attached hydrogens (tertiary/aromatic N) is 2. The zero-order valence-corrected chi connectivity index (χ0v) is 21.3. The van der Waals surface area contributed by atoms with Crippen LogP contribution in [0.5, 0.6) is 0 Å². The second-order valence-corrected chi connectivity index (χ2v) is 10.4. The zero-order valence-electron chi connectivity index (χ0n) is 21.3. The standard InChI is InChI=1S/C35H26N4/c1-2-8-22(7-1)33-27-15-13-25(36-27)21-26-14-16-28(37-26)34(23-9-3-4-10-23)30-18-20-32(39-30)35(24-11-5-6-12-24)31-19-17-29(33)38-31/h1-24,36-37H. The van der Waals surface area contributed by atoms with Gasteiger partial charge in [-0.2, -0.15) is 0 Å². The molecular formula is C35H26N4. The van der Waals surface area contributed by atoms with Crippen LogP contribution in [0.3, 0.4) is 0 Å². The Morgan fingerprint density at radius 1 is 0.436 bits per heavy atom. The summed E-state index contributed by atoms with van der Waals surface area (Å²) in [5.41, 5.74) is 11.6. The maximum Gasteiger partial charge on any atom is 0.0700 e. The Morgan fingerprint density at radius 3 is 1.21 bits per heavy atom. The molecule has 39 heavy (non-hydrogen) atoms. The Bertz CT molecular complexity index is 1770. The van der Waals surface area contributed by atoms with Crippen molar-refractivity contribution in [3.8, 4) is 0 Å². The van der Waals surface area contributed by atoms with Crippen LogP contribution in [0, 0.1) is 0 Å². The van der Waals surface area contributed by atoms with Crippen molar-refractivity contribution in [2.75, 3.05) is 0 Å². The zero-order chi connectivity index (χ0) is 25.8. The number of H-pyrrole nitrogens is 2. The lowest BCUT2D eigenvalue weighted by Crippen LogP contribution is -1.99. The highest BCUT2D eigenvalue weighted by Crippen LogP contribution is 2.37. The van der Waals surface area contributed by atoms with Crippen molar-refractivity contribution in [2.45, 2.75) is 17.8 Å². The Hall–Kier alpha value is -4.96. The summed E-state index contributed by atoms with van der Waals surface area (Å²) in [6.45, 7) is 0. The van der Waals surface area contributed by atoms with E-state index in [9.17, 15) is 0 Å². The predicted octanol–water partition coefficient (Wildman–Crippen LogP) is 8.28. The molecule has 0 unspecified atom stereocenters. The number of fused-ring (bicyclic) bond motifs is 8. The normalized spacial score (nSPS) is 17.6. The second kappa shape index (κ2) is 8.81. The third-order valence-electron chi connectivity index (χ3n) is 7.94. The molecule has 0 radical (unpaired) electrons. The third kappa shape index (κ3) is 3.76. The molecule has 3 aromatic rings. The Labute approximate surface area is 226 Å². The fraction of sp³-hybridized carbons (Fsp3) is 0.0857. The quantitative estimate of drug-likeness (QED) is 0.261. The molecule has 4 heteroatoms. The van der Waals surface area contributed by atoms with Gasteiger partial charge in [0, 0.05) is 56.5 Å². The molecule has 0 atom stereocenters. The van der Waals surface area contributed by atoms with E-state index in [1.165, 1.54) is 11.1 Å². The number of hydrogen-bond acceptors (Lipinski definition) is 2. The summed E-state index contributed by atoms with van der Waals surface area (Å²) in [6.07, 6.45) is 34.6. The van der Waals surface area contributed by atoms with Crippen LogP contribution >= 0.6 is 0 Å². The lowest BCUT2D eigenvalue weighted by Gasteiger charge is -2.10. The fourth-order valence-corrected chi connectivity index (χ4v) is 6.12. The van der Waals surface area contributed by atoms with E-state index in [0.29, 0.717) is 0 Å². The molecule has 2 N–H and O–H groups in total. The van der Waals surface area contributed by atoms with E-state index >= 15 is 0 Å². The van der Waals surface area contributed by atoms with Crippen molar-refractivity contribution >= 4 is 46.4 Å². The molecule has 2 aliphatic heterocycles. The summed E-state index contributed by atoms with van der Waals surface area (Å²) in [7, 11) is 0.